The molecule has 0 fully saturated rings. The summed E-state index contributed by atoms with van der Waals surface area (Å²) in [5.74, 6) is -0.499. The quantitative estimate of drug-likeness (QED) is 0.126. The summed E-state index contributed by atoms with van der Waals surface area (Å²) in [6, 6.07) is 66.2. The highest BCUT2D eigenvalue weighted by Gasteiger charge is 2.37. The summed E-state index contributed by atoms with van der Waals surface area (Å²) < 4.78 is 28.2. The van der Waals surface area contributed by atoms with E-state index in [0.717, 1.165) is 56.4 Å². The SMILES string of the molecule is Cc1cccc(N(c2ccc(F)cc2)c2ccc3c(c2)C(C)(C)c2cc(C=Cc4ccc(C=Cc5ccc6c(c5)C(C)(C)c5cc(N(c7ccc(F)cc7)c7cccc(C)c7)ccc5-6)cc4)ccc2-3)c1. The van der Waals surface area contributed by atoms with Gasteiger partial charge in [-0.3, -0.25) is 0 Å². The molecular formula is C66H54F2N2. The van der Waals surface area contributed by atoms with Crippen LogP contribution in [0.1, 0.15) is 83.3 Å². The number of aryl methyl sites for hydroxylation is 2. The van der Waals surface area contributed by atoms with Gasteiger partial charge in [-0.25, -0.2) is 8.78 Å². The number of rotatable bonds is 10. The molecule has 70 heavy (non-hydrogen) atoms. The van der Waals surface area contributed by atoms with Crippen molar-refractivity contribution in [3.05, 3.63) is 261 Å². The number of benzene rings is 9. The highest BCUT2D eigenvalue weighted by Crippen LogP contribution is 2.53. The van der Waals surface area contributed by atoms with Gasteiger partial charge in [0.2, 0.25) is 0 Å². The Balaban J connectivity index is 0.799. The van der Waals surface area contributed by atoms with E-state index >= 15 is 0 Å². The monoisotopic (exact) mass is 912 g/mol. The zero-order valence-electron chi connectivity index (χ0n) is 40.4. The summed E-state index contributed by atoms with van der Waals surface area (Å²) in [5.41, 5.74) is 22.6. The van der Waals surface area contributed by atoms with Gasteiger partial charge in [-0.1, -0.05) is 149 Å². The minimum Gasteiger partial charge on any atom is -0.310 e. The number of hydrogen-bond acceptors (Lipinski definition) is 2. The first-order valence-electron chi connectivity index (χ1n) is 24.1. The minimum atomic E-state index is -0.249. The summed E-state index contributed by atoms with van der Waals surface area (Å²) in [6.07, 6.45) is 8.80. The van der Waals surface area contributed by atoms with Gasteiger partial charge in [0.25, 0.3) is 0 Å². The minimum absolute atomic E-state index is 0.224. The van der Waals surface area contributed by atoms with Crippen LogP contribution in [-0.2, 0) is 10.8 Å². The molecule has 0 unspecified atom stereocenters. The van der Waals surface area contributed by atoms with Crippen LogP contribution in [0.5, 0.6) is 0 Å². The summed E-state index contributed by atoms with van der Waals surface area (Å²) in [5, 5.41) is 0. The van der Waals surface area contributed by atoms with Crippen LogP contribution >= 0.6 is 0 Å². The Kier molecular flexibility index (Phi) is 11.1. The predicted molar refractivity (Wildman–Crippen MR) is 291 cm³/mol. The molecule has 9 aromatic rings. The molecule has 0 saturated carbocycles. The molecule has 0 aliphatic heterocycles. The maximum Gasteiger partial charge on any atom is 0.123 e. The van der Waals surface area contributed by atoms with Crippen molar-refractivity contribution in [1.29, 1.82) is 0 Å². The Morgan fingerprint density at radius 3 is 0.986 bits per heavy atom. The lowest BCUT2D eigenvalue weighted by atomic mass is 9.81. The van der Waals surface area contributed by atoms with Gasteiger partial charge in [-0.15, -0.1) is 0 Å². The van der Waals surface area contributed by atoms with E-state index in [-0.39, 0.29) is 22.5 Å². The molecule has 0 radical (unpaired) electrons. The molecule has 11 rings (SSSR count). The van der Waals surface area contributed by atoms with Crippen molar-refractivity contribution in [1.82, 2.24) is 0 Å². The smallest absolute Gasteiger partial charge is 0.123 e. The molecule has 0 spiro atoms. The standard InChI is InChI=1S/C66H54F2N2/c1-43-9-7-11-53(37-43)69(51-27-23-49(67)24-28-51)55-31-35-59-57-33-21-47(39-61(57)65(3,4)63(59)41-55)19-17-45-13-15-46(16-14-45)18-20-48-22-34-58-60-36-32-56(42-64(60)66(5,6)62(58)40-48)70(52-29-25-50(68)26-30-52)54-12-8-10-44(2)38-54/h7-42H,1-6H3. The van der Waals surface area contributed by atoms with Gasteiger partial charge in [0.1, 0.15) is 11.6 Å². The van der Waals surface area contributed by atoms with E-state index in [1.54, 1.807) is 0 Å². The highest BCUT2D eigenvalue weighted by molar-refractivity contribution is 5.89. The number of fused-ring (bicyclic) bond motifs is 6. The molecule has 2 aliphatic carbocycles. The Bertz CT molecular complexity index is 3290. The second kappa shape index (κ2) is 17.5. The fraction of sp³-hybridized carbons (Fsp3) is 0.121. The second-order valence-electron chi connectivity index (χ2n) is 20.0. The lowest BCUT2D eigenvalue weighted by Gasteiger charge is -2.28. The van der Waals surface area contributed by atoms with E-state index in [1.165, 1.54) is 79.9 Å². The molecule has 0 aromatic heterocycles. The van der Waals surface area contributed by atoms with Crippen molar-refractivity contribution in [3.63, 3.8) is 0 Å². The normalized spacial score (nSPS) is 13.8. The molecule has 0 bridgehead atoms. The van der Waals surface area contributed by atoms with Crippen molar-refractivity contribution in [2.45, 2.75) is 52.4 Å². The maximum atomic E-state index is 14.1. The Morgan fingerprint density at radius 2 is 0.614 bits per heavy atom. The first-order valence-corrected chi connectivity index (χ1v) is 24.1. The van der Waals surface area contributed by atoms with Crippen molar-refractivity contribution in [2.75, 3.05) is 9.80 Å². The molecule has 0 amide bonds. The summed E-state index contributed by atoms with van der Waals surface area (Å²) >= 11 is 0. The maximum absolute atomic E-state index is 14.1. The molecule has 4 heteroatoms. The third-order valence-corrected chi connectivity index (χ3v) is 14.4. The van der Waals surface area contributed by atoms with Crippen molar-refractivity contribution in [3.8, 4) is 22.3 Å². The fourth-order valence-electron chi connectivity index (χ4n) is 10.7. The van der Waals surface area contributed by atoms with Gasteiger partial charge < -0.3 is 9.80 Å². The van der Waals surface area contributed by atoms with Gasteiger partial charge in [-0.2, -0.15) is 0 Å². The molecule has 2 nitrogen and oxygen atoms in total. The lowest BCUT2D eigenvalue weighted by Crippen LogP contribution is -2.16. The van der Waals surface area contributed by atoms with E-state index in [1.807, 2.05) is 24.3 Å². The van der Waals surface area contributed by atoms with Crippen LogP contribution in [0.25, 0.3) is 46.6 Å². The van der Waals surface area contributed by atoms with E-state index in [9.17, 15) is 8.78 Å². The average molecular weight is 913 g/mol. The Hall–Kier alpha value is -8.08. The largest absolute Gasteiger partial charge is 0.310 e. The molecule has 0 heterocycles. The van der Waals surface area contributed by atoms with Gasteiger partial charge in [0, 0.05) is 45.0 Å². The Morgan fingerprint density at radius 1 is 0.314 bits per heavy atom. The molecule has 0 saturated heterocycles. The molecule has 2 aliphatic rings. The molecule has 9 aromatic carbocycles. The molecule has 0 N–H and O–H groups in total. The van der Waals surface area contributed by atoms with Crippen molar-refractivity contribution < 1.29 is 8.78 Å². The van der Waals surface area contributed by atoms with E-state index in [2.05, 4.69) is 221 Å². The molecular weight excluding hydrogens is 859 g/mol. The first kappa shape index (κ1) is 44.4. The third kappa shape index (κ3) is 8.13. The Labute approximate surface area is 411 Å². The topological polar surface area (TPSA) is 6.48 Å². The summed E-state index contributed by atoms with van der Waals surface area (Å²) in [4.78, 5) is 4.42. The van der Waals surface area contributed by atoms with Crippen molar-refractivity contribution >= 4 is 58.4 Å². The van der Waals surface area contributed by atoms with Gasteiger partial charge in [-0.05, 0) is 189 Å². The fourth-order valence-corrected chi connectivity index (χ4v) is 10.7. The second-order valence-corrected chi connectivity index (χ2v) is 20.0. The predicted octanol–water partition coefficient (Wildman–Crippen LogP) is 18.5. The van der Waals surface area contributed by atoms with Gasteiger partial charge in [0.05, 0.1) is 0 Å². The van der Waals surface area contributed by atoms with E-state index in [0.29, 0.717) is 0 Å². The lowest BCUT2D eigenvalue weighted by molar-refractivity contribution is 0.627. The summed E-state index contributed by atoms with van der Waals surface area (Å²) in [6.45, 7) is 13.4. The van der Waals surface area contributed by atoms with Crippen LogP contribution in [0.4, 0.5) is 42.9 Å². The molecule has 342 valence electrons. The number of hydrogen-bond donors (Lipinski definition) is 0. The van der Waals surface area contributed by atoms with Gasteiger partial charge >= 0.3 is 0 Å². The highest BCUT2D eigenvalue weighted by atomic mass is 19.1. The van der Waals surface area contributed by atoms with Crippen LogP contribution < -0.4 is 9.80 Å². The first-order chi connectivity index (χ1) is 33.8. The number of halogens is 2. The van der Waals surface area contributed by atoms with E-state index < -0.39 is 0 Å². The number of anilines is 6. The summed E-state index contributed by atoms with van der Waals surface area (Å²) in [7, 11) is 0. The average Bonchev–Trinajstić information content (AvgIpc) is 3.72. The van der Waals surface area contributed by atoms with Crippen molar-refractivity contribution in [2.24, 2.45) is 0 Å². The third-order valence-electron chi connectivity index (χ3n) is 14.4. The zero-order valence-corrected chi connectivity index (χ0v) is 40.4. The van der Waals surface area contributed by atoms with Crippen LogP contribution in [0.3, 0.4) is 0 Å². The van der Waals surface area contributed by atoms with E-state index in [4.69, 9.17) is 0 Å². The van der Waals surface area contributed by atoms with Crippen LogP contribution in [0.15, 0.2) is 194 Å². The zero-order chi connectivity index (χ0) is 48.3. The van der Waals surface area contributed by atoms with Crippen LogP contribution in [0.2, 0.25) is 0 Å². The molecule has 0 atom stereocenters. The van der Waals surface area contributed by atoms with Gasteiger partial charge in [0.15, 0.2) is 0 Å². The van der Waals surface area contributed by atoms with Crippen LogP contribution in [-0.4, -0.2) is 0 Å². The van der Waals surface area contributed by atoms with Crippen LogP contribution in [0, 0.1) is 25.5 Å². The number of nitrogens with zero attached hydrogens (tertiary/aromatic N) is 2.